The van der Waals surface area contributed by atoms with E-state index in [0.29, 0.717) is 5.69 Å². The van der Waals surface area contributed by atoms with E-state index in [4.69, 9.17) is 28.9 Å². The highest BCUT2D eigenvalue weighted by molar-refractivity contribution is 7.95. The molecule has 0 bridgehead atoms. The molecule has 0 aliphatic carbocycles. The number of anilines is 1. The summed E-state index contributed by atoms with van der Waals surface area (Å²) in [6, 6.07) is 6.12. The first-order valence-corrected chi connectivity index (χ1v) is 7.26. The summed E-state index contributed by atoms with van der Waals surface area (Å²) in [6.07, 6.45) is -1.56. The van der Waals surface area contributed by atoms with E-state index < -0.39 is 19.6 Å². The van der Waals surface area contributed by atoms with E-state index in [1.165, 1.54) is 19.1 Å². The number of nitrogens with two attached hydrogens (primary N) is 1. The SMILES string of the molecule is CCS(=O)(=O)C(Cl)(Cl)[C@@H](O)c1cccc(N)c1. The molecule has 0 radical (unpaired) electrons. The molecule has 4 nitrogen and oxygen atoms in total. The van der Waals surface area contributed by atoms with Crippen LogP contribution in [-0.4, -0.2) is 22.9 Å². The van der Waals surface area contributed by atoms with Crippen LogP contribution in [-0.2, 0) is 9.84 Å². The van der Waals surface area contributed by atoms with Crippen LogP contribution in [0.4, 0.5) is 5.69 Å². The third-order valence-corrected chi connectivity index (χ3v) is 5.98. The van der Waals surface area contributed by atoms with Crippen molar-refractivity contribution in [3.63, 3.8) is 0 Å². The Bertz CT molecular complexity index is 502. The van der Waals surface area contributed by atoms with Gasteiger partial charge in [-0.05, 0) is 17.7 Å². The molecule has 0 saturated carbocycles. The van der Waals surface area contributed by atoms with Gasteiger partial charge in [-0.15, -0.1) is 0 Å². The zero-order valence-corrected chi connectivity index (χ0v) is 11.4. The van der Waals surface area contributed by atoms with Gasteiger partial charge in [0.2, 0.25) is 3.67 Å². The topological polar surface area (TPSA) is 80.4 Å². The number of aliphatic hydroxyl groups excluding tert-OH is 1. The molecule has 7 heteroatoms. The molecule has 1 atom stereocenters. The average molecular weight is 298 g/mol. The average Bonchev–Trinajstić information content (AvgIpc) is 2.27. The normalized spacial score (nSPS) is 14.6. The Hall–Kier alpha value is -0.490. The van der Waals surface area contributed by atoms with Crippen LogP contribution < -0.4 is 5.73 Å². The first-order valence-electron chi connectivity index (χ1n) is 4.86. The molecule has 1 rings (SSSR count). The van der Waals surface area contributed by atoms with Crippen molar-refractivity contribution in [1.82, 2.24) is 0 Å². The van der Waals surface area contributed by atoms with Gasteiger partial charge in [0.15, 0.2) is 9.84 Å². The van der Waals surface area contributed by atoms with Gasteiger partial charge in [0.1, 0.15) is 6.10 Å². The standard InChI is InChI=1S/C10H13Cl2NO3S/c1-2-17(15,16)10(11,12)9(14)7-4-3-5-8(13)6-7/h3-6,9,14H,2,13H2,1H3/t9-/m0/s1. The molecular formula is C10H13Cl2NO3S. The maximum absolute atomic E-state index is 11.7. The molecule has 17 heavy (non-hydrogen) atoms. The van der Waals surface area contributed by atoms with Gasteiger partial charge in [-0.3, -0.25) is 0 Å². The molecule has 1 aromatic carbocycles. The Morgan fingerprint density at radius 2 is 2.06 bits per heavy atom. The highest BCUT2D eigenvalue weighted by Gasteiger charge is 2.46. The highest BCUT2D eigenvalue weighted by atomic mass is 35.5. The van der Waals surface area contributed by atoms with E-state index >= 15 is 0 Å². The van der Waals surface area contributed by atoms with Crippen LogP contribution in [0.15, 0.2) is 24.3 Å². The van der Waals surface area contributed by atoms with E-state index in [0.717, 1.165) is 0 Å². The molecule has 0 aromatic heterocycles. The van der Waals surface area contributed by atoms with E-state index in [9.17, 15) is 13.5 Å². The van der Waals surface area contributed by atoms with Crippen LogP contribution in [0.5, 0.6) is 0 Å². The minimum atomic E-state index is -3.82. The van der Waals surface area contributed by atoms with Crippen molar-refractivity contribution in [3.05, 3.63) is 29.8 Å². The maximum atomic E-state index is 11.7. The molecule has 0 aliphatic rings. The van der Waals surface area contributed by atoms with Crippen LogP contribution in [0.3, 0.4) is 0 Å². The van der Waals surface area contributed by atoms with Gasteiger partial charge in [0.05, 0.1) is 5.75 Å². The molecule has 3 N–H and O–H groups in total. The number of aliphatic hydroxyl groups is 1. The van der Waals surface area contributed by atoms with Crippen molar-refractivity contribution >= 4 is 38.7 Å². The van der Waals surface area contributed by atoms with Crippen molar-refractivity contribution in [3.8, 4) is 0 Å². The minimum Gasteiger partial charge on any atom is -0.399 e. The van der Waals surface area contributed by atoms with E-state index in [1.54, 1.807) is 12.1 Å². The molecule has 0 amide bonds. The van der Waals surface area contributed by atoms with E-state index in [2.05, 4.69) is 0 Å². The zero-order chi connectivity index (χ0) is 13.3. The number of rotatable bonds is 4. The Labute approximate surface area is 110 Å². The monoisotopic (exact) mass is 297 g/mol. The fourth-order valence-corrected chi connectivity index (χ4v) is 3.05. The Balaban J connectivity index is 3.17. The van der Waals surface area contributed by atoms with Crippen LogP contribution >= 0.6 is 23.2 Å². The lowest BCUT2D eigenvalue weighted by Crippen LogP contribution is -2.34. The van der Waals surface area contributed by atoms with Crippen LogP contribution in [0, 0.1) is 0 Å². The predicted molar refractivity (Wildman–Crippen MR) is 69.7 cm³/mol. The first kappa shape index (κ1) is 14.6. The Kier molecular flexibility index (Phi) is 4.30. The Morgan fingerprint density at radius 3 is 2.53 bits per heavy atom. The quantitative estimate of drug-likeness (QED) is 0.657. The molecule has 0 heterocycles. The Morgan fingerprint density at radius 1 is 1.47 bits per heavy atom. The minimum absolute atomic E-state index is 0.257. The maximum Gasteiger partial charge on any atom is 0.247 e. The number of benzene rings is 1. The first-order chi connectivity index (χ1) is 7.72. The van der Waals surface area contributed by atoms with Crippen LogP contribution in [0.25, 0.3) is 0 Å². The molecule has 0 saturated heterocycles. The van der Waals surface area contributed by atoms with Crippen molar-refractivity contribution in [2.24, 2.45) is 0 Å². The van der Waals surface area contributed by atoms with Crippen molar-refractivity contribution in [1.29, 1.82) is 0 Å². The molecule has 0 fully saturated rings. The molecule has 96 valence electrons. The number of halogens is 2. The summed E-state index contributed by atoms with van der Waals surface area (Å²) in [5.41, 5.74) is 6.18. The molecule has 0 spiro atoms. The zero-order valence-electron chi connectivity index (χ0n) is 9.10. The van der Waals surface area contributed by atoms with E-state index in [1.807, 2.05) is 0 Å². The van der Waals surface area contributed by atoms with Crippen LogP contribution in [0.1, 0.15) is 18.6 Å². The van der Waals surface area contributed by atoms with Gasteiger partial charge in [0, 0.05) is 5.69 Å². The largest absolute Gasteiger partial charge is 0.399 e. The lowest BCUT2D eigenvalue weighted by Gasteiger charge is -2.25. The number of nitrogen functional groups attached to an aromatic ring is 1. The van der Waals surface area contributed by atoms with Gasteiger partial charge in [0.25, 0.3) is 0 Å². The predicted octanol–water partition coefficient (Wildman–Crippen LogP) is 1.87. The third-order valence-electron chi connectivity index (χ3n) is 2.34. The summed E-state index contributed by atoms with van der Waals surface area (Å²) in [7, 11) is -3.82. The molecule has 0 aliphatic heterocycles. The van der Waals surface area contributed by atoms with Crippen molar-refractivity contribution in [2.75, 3.05) is 11.5 Å². The van der Waals surface area contributed by atoms with Gasteiger partial charge in [-0.2, -0.15) is 0 Å². The van der Waals surface area contributed by atoms with Gasteiger partial charge < -0.3 is 10.8 Å². The fourth-order valence-electron chi connectivity index (χ4n) is 1.29. The second-order valence-electron chi connectivity index (χ2n) is 3.54. The summed E-state index contributed by atoms with van der Waals surface area (Å²) in [5, 5.41) is 9.94. The highest BCUT2D eigenvalue weighted by Crippen LogP contribution is 2.41. The number of sulfone groups is 1. The summed E-state index contributed by atoms with van der Waals surface area (Å²) < 4.78 is 21.0. The second-order valence-corrected chi connectivity index (χ2v) is 7.82. The number of alkyl halides is 2. The summed E-state index contributed by atoms with van der Waals surface area (Å²) in [6.45, 7) is 1.40. The lowest BCUT2D eigenvalue weighted by atomic mass is 10.1. The van der Waals surface area contributed by atoms with Gasteiger partial charge >= 0.3 is 0 Å². The number of hydrogen-bond donors (Lipinski definition) is 2. The summed E-state index contributed by atoms with van der Waals surface area (Å²) >= 11 is 11.5. The van der Waals surface area contributed by atoms with Crippen molar-refractivity contribution in [2.45, 2.75) is 16.7 Å². The smallest absolute Gasteiger partial charge is 0.247 e. The summed E-state index contributed by atoms with van der Waals surface area (Å²) in [4.78, 5) is 0. The summed E-state index contributed by atoms with van der Waals surface area (Å²) in [5.74, 6) is -0.265. The number of hydrogen-bond acceptors (Lipinski definition) is 4. The van der Waals surface area contributed by atoms with E-state index in [-0.39, 0.29) is 11.3 Å². The third kappa shape index (κ3) is 2.85. The van der Waals surface area contributed by atoms with Crippen molar-refractivity contribution < 1.29 is 13.5 Å². The lowest BCUT2D eigenvalue weighted by molar-refractivity contribution is 0.181. The second kappa shape index (κ2) is 5.02. The van der Waals surface area contributed by atoms with Gasteiger partial charge in [-0.25, -0.2) is 8.42 Å². The molecular weight excluding hydrogens is 285 g/mol. The van der Waals surface area contributed by atoms with Gasteiger partial charge in [-0.1, -0.05) is 42.3 Å². The fraction of sp³-hybridized carbons (Fsp3) is 0.400. The molecule has 0 unspecified atom stereocenters. The van der Waals surface area contributed by atoms with Crippen LogP contribution in [0.2, 0.25) is 0 Å². The molecule has 1 aromatic rings.